The van der Waals surface area contributed by atoms with Crippen LogP contribution in [0.15, 0.2) is 42.5 Å². The Balaban J connectivity index is 2.32. The molecule has 0 atom stereocenters. The third kappa shape index (κ3) is 3.82. The Labute approximate surface area is 127 Å². The van der Waals surface area contributed by atoms with Crippen LogP contribution in [-0.4, -0.2) is 9.85 Å². The van der Waals surface area contributed by atoms with E-state index >= 15 is 0 Å². The molecule has 0 radical (unpaired) electrons. The van der Waals surface area contributed by atoms with Gasteiger partial charge in [-0.3, -0.25) is 20.2 Å². The van der Waals surface area contributed by atoms with E-state index in [4.69, 9.17) is 0 Å². The summed E-state index contributed by atoms with van der Waals surface area (Å²) in [6.45, 7) is 0. The molecule has 23 heavy (non-hydrogen) atoms. The van der Waals surface area contributed by atoms with Crippen molar-refractivity contribution in [1.82, 2.24) is 0 Å². The number of alkyl halides is 3. The Morgan fingerprint density at radius 2 is 1.52 bits per heavy atom. The number of non-ortho nitro benzene ring substituents is 1. The van der Waals surface area contributed by atoms with E-state index in [-0.39, 0.29) is 12.0 Å². The van der Waals surface area contributed by atoms with Gasteiger partial charge in [-0.25, -0.2) is 0 Å². The lowest BCUT2D eigenvalue weighted by Gasteiger charge is -2.08. The standard InChI is InChI=1S/C14H9F3N2O4/c15-14(16,17)11-4-1-9(2-5-11)7-10-3-6-12(18(20)21)8-13(10)19(22)23/h1-6,8H,7H2. The molecular formula is C14H9F3N2O4. The minimum Gasteiger partial charge on any atom is -0.258 e. The zero-order valence-electron chi connectivity index (χ0n) is 11.4. The SMILES string of the molecule is O=[N+]([O-])c1ccc(Cc2ccc(C(F)(F)F)cc2)c([N+](=O)[O-])c1. The van der Waals surface area contributed by atoms with E-state index in [1.807, 2.05) is 0 Å². The van der Waals surface area contributed by atoms with Gasteiger partial charge in [0.25, 0.3) is 11.4 Å². The van der Waals surface area contributed by atoms with Gasteiger partial charge in [0, 0.05) is 18.1 Å². The Morgan fingerprint density at radius 1 is 0.913 bits per heavy atom. The van der Waals surface area contributed by atoms with Crippen LogP contribution in [0.2, 0.25) is 0 Å². The Hall–Kier alpha value is -2.97. The summed E-state index contributed by atoms with van der Waals surface area (Å²) in [6.07, 6.45) is -4.47. The molecular weight excluding hydrogens is 317 g/mol. The highest BCUT2D eigenvalue weighted by atomic mass is 19.4. The molecule has 0 aliphatic rings. The van der Waals surface area contributed by atoms with Gasteiger partial charge >= 0.3 is 6.18 Å². The van der Waals surface area contributed by atoms with E-state index in [0.29, 0.717) is 5.56 Å². The molecule has 0 amide bonds. The summed E-state index contributed by atoms with van der Waals surface area (Å²) >= 11 is 0. The fraction of sp³-hybridized carbons (Fsp3) is 0.143. The van der Waals surface area contributed by atoms with Crippen molar-refractivity contribution in [2.45, 2.75) is 12.6 Å². The van der Waals surface area contributed by atoms with E-state index in [2.05, 4.69) is 0 Å². The molecule has 0 fully saturated rings. The number of nitro groups is 2. The van der Waals surface area contributed by atoms with Crippen molar-refractivity contribution in [2.75, 3.05) is 0 Å². The van der Waals surface area contributed by atoms with E-state index < -0.39 is 33.0 Å². The van der Waals surface area contributed by atoms with Crippen molar-refractivity contribution in [2.24, 2.45) is 0 Å². The summed E-state index contributed by atoms with van der Waals surface area (Å²) in [7, 11) is 0. The summed E-state index contributed by atoms with van der Waals surface area (Å²) in [5, 5.41) is 21.7. The minimum atomic E-state index is -4.46. The first-order valence-electron chi connectivity index (χ1n) is 6.26. The summed E-state index contributed by atoms with van der Waals surface area (Å²) in [4.78, 5) is 20.1. The lowest BCUT2D eigenvalue weighted by molar-refractivity contribution is -0.394. The second kappa shape index (κ2) is 6.03. The van der Waals surface area contributed by atoms with Crippen LogP contribution in [0.5, 0.6) is 0 Å². The third-order valence-electron chi connectivity index (χ3n) is 3.15. The third-order valence-corrected chi connectivity index (χ3v) is 3.15. The zero-order chi connectivity index (χ0) is 17.2. The number of rotatable bonds is 4. The fourth-order valence-electron chi connectivity index (χ4n) is 2.02. The molecule has 0 saturated carbocycles. The summed E-state index contributed by atoms with van der Waals surface area (Å²) in [5.41, 5.74) is -1.08. The number of hydrogen-bond donors (Lipinski definition) is 0. The lowest BCUT2D eigenvalue weighted by atomic mass is 10.0. The predicted molar refractivity (Wildman–Crippen MR) is 74.0 cm³/mol. The van der Waals surface area contributed by atoms with Gasteiger partial charge < -0.3 is 0 Å². The first-order chi connectivity index (χ1) is 10.7. The summed E-state index contributed by atoms with van der Waals surface area (Å²) in [5.74, 6) is 0. The molecule has 0 aliphatic heterocycles. The van der Waals surface area contributed by atoms with Gasteiger partial charge in [-0.05, 0) is 23.8 Å². The average molecular weight is 326 g/mol. The average Bonchev–Trinajstić information content (AvgIpc) is 2.46. The van der Waals surface area contributed by atoms with Crippen LogP contribution >= 0.6 is 0 Å². The van der Waals surface area contributed by atoms with Gasteiger partial charge in [-0.2, -0.15) is 13.2 Å². The second-order valence-corrected chi connectivity index (χ2v) is 4.70. The molecule has 2 aromatic rings. The van der Waals surface area contributed by atoms with E-state index in [1.54, 1.807) is 0 Å². The van der Waals surface area contributed by atoms with Crippen molar-refractivity contribution in [3.63, 3.8) is 0 Å². The van der Waals surface area contributed by atoms with E-state index in [9.17, 15) is 33.4 Å². The zero-order valence-corrected chi connectivity index (χ0v) is 11.4. The molecule has 2 rings (SSSR count). The van der Waals surface area contributed by atoms with Gasteiger partial charge in [0.1, 0.15) is 0 Å². The molecule has 0 aliphatic carbocycles. The van der Waals surface area contributed by atoms with Crippen molar-refractivity contribution in [3.8, 4) is 0 Å². The molecule has 120 valence electrons. The molecule has 0 spiro atoms. The van der Waals surface area contributed by atoms with Crippen LogP contribution in [0.1, 0.15) is 16.7 Å². The Kier molecular flexibility index (Phi) is 4.30. The molecule has 0 heterocycles. The van der Waals surface area contributed by atoms with Crippen LogP contribution in [-0.2, 0) is 12.6 Å². The molecule has 2 aromatic carbocycles. The molecule has 0 unspecified atom stereocenters. The summed E-state index contributed by atoms with van der Waals surface area (Å²) < 4.78 is 37.5. The van der Waals surface area contributed by atoms with E-state index in [1.165, 1.54) is 18.2 Å². The van der Waals surface area contributed by atoms with E-state index in [0.717, 1.165) is 24.3 Å². The van der Waals surface area contributed by atoms with Crippen LogP contribution in [0.25, 0.3) is 0 Å². The fourth-order valence-corrected chi connectivity index (χ4v) is 2.02. The number of nitrogens with zero attached hydrogens (tertiary/aromatic N) is 2. The normalized spacial score (nSPS) is 11.3. The number of benzene rings is 2. The maximum Gasteiger partial charge on any atom is 0.416 e. The number of halogens is 3. The van der Waals surface area contributed by atoms with Gasteiger partial charge in [0.15, 0.2) is 0 Å². The molecule has 0 saturated heterocycles. The number of nitro benzene ring substituents is 2. The molecule has 0 N–H and O–H groups in total. The highest BCUT2D eigenvalue weighted by molar-refractivity contribution is 5.50. The molecule has 0 aromatic heterocycles. The first kappa shape index (κ1) is 16.4. The Morgan fingerprint density at radius 3 is 2.00 bits per heavy atom. The van der Waals surface area contributed by atoms with Crippen molar-refractivity contribution >= 4 is 11.4 Å². The summed E-state index contributed by atoms with van der Waals surface area (Å²) in [6, 6.07) is 7.38. The highest BCUT2D eigenvalue weighted by Crippen LogP contribution is 2.30. The van der Waals surface area contributed by atoms with Crippen LogP contribution in [0.4, 0.5) is 24.5 Å². The quantitative estimate of drug-likeness (QED) is 0.625. The van der Waals surface area contributed by atoms with Crippen molar-refractivity contribution in [1.29, 1.82) is 0 Å². The second-order valence-electron chi connectivity index (χ2n) is 4.70. The number of hydrogen-bond acceptors (Lipinski definition) is 4. The van der Waals surface area contributed by atoms with Gasteiger partial charge in [0.05, 0.1) is 21.5 Å². The van der Waals surface area contributed by atoms with Gasteiger partial charge in [-0.1, -0.05) is 12.1 Å². The smallest absolute Gasteiger partial charge is 0.258 e. The largest absolute Gasteiger partial charge is 0.416 e. The van der Waals surface area contributed by atoms with Crippen molar-refractivity contribution in [3.05, 3.63) is 79.4 Å². The molecule has 0 bridgehead atoms. The maximum atomic E-state index is 12.5. The molecule has 6 nitrogen and oxygen atoms in total. The highest BCUT2D eigenvalue weighted by Gasteiger charge is 2.30. The minimum absolute atomic E-state index is 0.00750. The topological polar surface area (TPSA) is 86.3 Å². The lowest BCUT2D eigenvalue weighted by Crippen LogP contribution is -2.04. The monoisotopic (exact) mass is 326 g/mol. The van der Waals surface area contributed by atoms with Gasteiger partial charge in [-0.15, -0.1) is 0 Å². The van der Waals surface area contributed by atoms with Crippen molar-refractivity contribution < 1.29 is 23.0 Å². The van der Waals surface area contributed by atoms with Gasteiger partial charge in [0.2, 0.25) is 0 Å². The Bertz CT molecular complexity index is 758. The first-order valence-corrected chi connectivity index (χ1v) is 6.26. The van der Waals surface area contributed by atoms with Crippen LogP contribution in [0.3, 0.4) is 0 Å². The van der Waals surface area contributed by atoms with Crippen LogP contribution in [0, 0.1) is 20.2 Å². The van der Waals surface area contributed by atoms with Crippen LogP contribution < -0.4 is 0 Å². The molecule has 9 heteroatoms. The maximum absolute atomic E-state index is 12.5. The predicted octanol–water partition coefficient (Wildman–Crippen LogP) is 4.11.